The zero-order valence-electron chi connectivity index (χ0n) is 14.9. The van der Waals surface area contributed by atoms with Gasteiger partial charge in [0.15, 0.2) is 0 Å². The van der Waals surface area contributed by atoms with Crippen LogP contribution >= 0.6 is 0 Å². The van der Waals surface area contributed by atoms with Crippen molar-refractivity contribution in [2.75, 3.05) is 5.32 Å². The van der Waals surface area contributed by atoms with E-state index in [1.165, 1.54) is 0 Å². The minimum atomic E-state index is -0.884. The first kappa shape index (κ1) is 18.3. The van der Waals surface area contributed by atoms with E-state index in [1.54, 1.807) is 13.8 Å². The number of para-hydroxylation sites is 1. The van der Waals surface area contributed by atoms with Crippen LogP contribution in [0.25, 0.3) is 0 Å². The van der Waals surface area contributed by atoms with Crippen molar-refractivity contribution in [1.29, 1.82) is 0 Å². The molecule has 0 radical (unpaired) electrons. The number of ether oxygens (including phenoxy) is 1. The van der Waals surface area contributed by atoms with Gasteiger partial charge in [-0.15, -0.1) is 0 Å². The number of anilines is 1. The van der Waals surface area contributed by atoms with E-state index in [4.69, 9.17) is 4.74 Å². The fourth-order valence-electron chi connectivity index (χ4n) is 3.20. The van der Waals surface area contributed by atoms with Crippen molar-refractivity contribution in [3.63, 3.8) is 0 Å². The molecule has 132 valence electrons. The Bertz CT molecular complexity index is 578. The van der Waals surface area contributed by atoms with Crippen molar-refractivity contribution in [1.82, 2.24) is 5.32 Å². The summed E-state index contributed by atoms with van der Waals surface area (Å²) < 4.78 is 5.19. The molecule has 0 unspecified atom stereocenters. The quantitative estimate of drug-likeness (QED) is 0.855. The van der Waals surface area contributed by atoms with E-state index in [0.717, 1.165) is 36.9 Å². The molecule has 24 heavy (non-hydrogen) atoms. The lowest BCUT2D eigenvalue weighted by Crippen LogP contribution is -2.58. The third-order valence-corrected chi connectivity index (χ3v) is 4.47. The number of nitrogens with one attached hydrogen (secondary N) is 2. The van der Waals surface area contributed by atoms with Crippen LogP contribution in [-0.2, 0) is 16.0 Å². The Morgan fingerprint density at radius 3 is 2.46 bits per heavy atom. The maximum Gasteiger partial charge on any atom is 0.408 e. The maximum absolute atomic E-state index is 13.0. The standard InChI is InChI=1S/C19H28N2O3/c1-4-15-10-6-7-11-16(15)20-17(22)19(12-8-5-9-13-19)21-18(23)24-14(2)3/h6-7,10-11,14H,4-5,8-9,12-13H2,1-3H3,(H,20,22)(H,21,23). The van der Waals surface area contributed by atoms with E-state index >= 15 is 0 Å². The summed E-state index contributed by atoms with van der Waals surface area (Å²) in [4.78, 5) is 25.1. The summed E-state index contributed by atoms with van der Waals surface area (Å²) in [6, 6.07) is 7.77. The van der Waals surface area contributed by atoms with Crippen LogP contribution in [0, 0.1) is 0 Å². The molecule has 1 aromatic carbocycles. The monoisotopic (exact) mass is 332 g/mol. The second kappa shape index (κ2) is 8.18. The summed E-state index contributed by atoms with van der Waals surface area (Å²) in [5.74, 6) is -0.149. The lowest BCUT2D eigenvalue weighted by Gasteiger charge is -2.36. The number of benzene rings is 1. The molecule has 0 aromatic heterocycles. The van der Waals surface area contributed by atoms with Gasteiger partial charge in [0, 0.05) is 5.69 Å². The van der Waals surface area contributed by atoms with Crippen LogP contribution in [0.1, 0.15) is 58.4 Å². The maximum atomic E-state index is 13.0. The Labute approximate surface area is 144 Å². The minimum Gasteiger partial charge on any atom is -0.447 e. The first-order valence-corrected chi connectivity index (χ1v) is 8.85. The molecule has 1 fully saturated rings. The van der Waals surface area contributed by atoms with E-state index in [1.807, 2.05) is 24.3 Å². The number of alkyl carbamates (subject to hydrolysis) is 1. The zero-order chi connectivity index (χ0) is 17.6. The van der Waals surface area contributed by atoms with Crippen molar-refractivity contribution in [3.05, 3.63) is 29.8 Å². The van der Waals surface area contributed by atoms with E-state index in [0.29, 0.717) is 12.8 Å². The van der Waals surface area contributed by atoms with Crippen molar-refractivity contribution >= 4 is 17.7 Å². The highest BCUT2D eigenvalue weighted by Crippen LogP contribution is 2.30. The number of carbonyl (C=O) groups is 2. The molecule has 1 aliphatic carbocycles. The van der Waals surface area contributed by atoms with Crippen LogP contribution in [0.4, 0.5) is 10.5 Å². The highest BCUT2D eigenvalue weighted by molar-refractivity contribution is 6.00. The van der Waals surface area contributed by atoms with Crippen molar-refractivity contribution in [2.45, 2.75) is 70.9 Å². The molecule has 0 saturated heterocycles. The third-order valence-electron chi connectivity index (χ3n) is 4.47. The molecule has 1 aliphatic rings. The smallest absolute Gasteiger partial charge is 0.408 e. The number of amides is 2. The second-order valence-electron chi connectivity index (χ2n) is 6.69. The molecule has 2 amide bonds. The van der Waals surface area contributed by atoms with Gasteiger partial charge in [0.1, 0.15) is 5.54 Å². The molecule has 0 atom stereocenters. The summed E-state index contributed by atoms with van der Waals surface area (Å²) in [5.41, 5.74) is 1.01. The number of carbonyl (C=O) groups excluding carboxylic acids is 2. The molecule has 1 saturated carbocycles. The lowest BCUT2D eigenvalue weighted by molar-refractivity contribution is -0.123. The fourth-order valence-corrected chi connectivity index (χ4v) is 3.20. The first-order valence-electron chi connectivity index (χ1n) is 8.85. The number of hydrogen-bond donors (Lipinski definition) is 2. The predicted octanol–water partition coefficient (Wildman–Crippen LogP) is 4.03. The third kappa shape index (κ3) is 4.49. The van der Waals surface area contributed by atoms with E-state index in [9.17, 15) is 9.59 Å². The van der Waals surface area contributed by atoms with Gasteiger partial charge in [0.2, 0.25) is 5.91 Å². The Balaban J connectivity index is 2.17. The van der Waals surface area contributed by atoms with Crippen LogP contribution < -0.4 is 10.6 Å². The average Bonchev–Trinajstić information content (AvgIpc) is 2.55. The Kier molecular flexibility index (Phi) is 6.23. The minimum absolute atomic E-state index is 0.149. The Hall–Kier alpha value is -2.04. The van der Waals surface area contributed by atoms with E-state index in [-0.39, 0.29) is 12.0 Å². The molecular formula is C19H28N2O3. The van der Waals surface area contributed by atoms with Crippen LogP contribution in [-0.4, -0.2) is 23.6 Å². The van der Waals surface area contributed by atoms with Gasteiger partial charge in [-0.05, 0) is 44.7 Å². The van der Waals surface area contributed by atoms with Crippen molar-refractivity contribution in [2.24, 2.45) is 0 Å². The molecule has 5 nitrogen and oxygen atoms in total. The summed E-state index contributed by atoms with van der Waals surface area (Å²) >= 11 is 0. The fraction of sp³-hybridized carbons (Fsp3) is 0.579. The van der Waals surface area contributed by atoms with Crippen molar-refractivity contribution in [3.8, 4) is 0 Å². The van der Waals surface area contributed by atoms with Gasteiger partial charge in [-0.1, -0.05) is 44.4 Å². The number of rotatable bonds is 5. The topological polar surface area (TPSA) is 67.4 Å². The zero-order valence-corrected chi connectivity index (χ0v) is 14.9. The average molecular weight is 332 g/mol. The Morgan fingerprint density at radius 2 is 1.83 bits per heavy atom. The molecular weight excluding hydrogens is 304 g/mol. The van der Waals surface area contributed by atoms with Gasteiger partial charge in [0.05, 0.1) is 6.10 Å². The van der Waals surface area contributed by atoms with Gasteiger partial charge in [0.25, 0.3) is 0 Å². The van der Waals surface area contributed by atoms with Crippen LogP contribution in [0.5, 0.6) is 0 Å². The largest absolute Gasteiger partial charge is 0.447 e. The Morgan fingerprint density at radius 1 is 1.17 bits per heavy atom. The first-order chi connectivity index (χ1) is 11.5. The molecule has 0 heterocycles. The number of aryl methyl sites for hydroxylation is 1. The highest BCUT2D eigenvalue weighted by atomic mass is 16.6. The predicted molar refractivity (Wildman–Crippen MR) is 95.0 cm³/mol. The van der Waals surface area contributed by atoms with Gasteiger partial charge in [-0.25, -0.2) is 4.79 Å². The summed E-state index contributed by atoms with van der Waals surface area (Å²) in [6.45, 7) is 5.65. The van der Waals surface area contributed by atoms with E-state index < -0.39 is 11.6 Å². The van der Waals surface area contributed by atoms with Gasteiger partial charge >= 0.3 is 6.09 Å². The van der Waals surface area contributed by atoms with Crippen LogP contribution in [0.15, 0.2) is 24.3 Å². The molecule has 5 heteroatoms. The molecule has 2 rings (SSSR count). The summed E-state index contributed by atoms with van der Waals surface area (Å²) in [6.07, 6.45) is 4.31. The van der Waals surface area contributed by atoms with Crippen LogP contribution in [0.3, 0.4) is 0 Å². The van der Waals surface area contributed by atoms with Gasteiger partial charge in [-0.2, -0.15) is 0 Å². The highest BCUT2D eigenvalue weighted by Gasteiger charge is 2.41. The summed E-state index contributed by atoms with van der Waals surface area (Å²) in [5, 5.41) is 5.87. The van der Waals surface area contributed by atoms with E-state index in [2.05, 4.69) is 17.6 Å². The molecule has 1 aromatic rings. The molecule has 0 spiro atoms. The SMILES string of the molecule is CCc1ccccc1NC(=O)C1(NC(=O)OC(C)C)CCCCC1. The normalized spacial score (nSPS) is 16.5. The molecule has 0 aliphatic heterocycles. The van der Waals surface area contributed by atoms with Crippen LogP contribution in [0.2, 0.25) is 0 Å². The molecule has 0 bridgehead atoms. The summed E-state index contributed by atoms with van der Waals surface area (Å²) in [7, 11) is 0. The lowest BCUT2D eigenvalue weighted by atomic mass is 9.81. The van der Waals surface area contributed by atoms with Crippen molar-refractivity contribution < 1.29 is 14.3 Å². The second-order valence-corrected chi connectivity index (χ2v) is 6.69. The molecule has 2 N–H and O–H groups in total. The van der Waals surface area contributed by atoms with Gasteiger partial charge < -0.3 is 15.4 Å². The number of hydrogen-bond acceptors (Lipinski definition) is 3. The van der Waals surface area contributed by atoms with Gasteiger partial charge in [-0.3, -0.25) is 4.79 Å².